The number of aryl methyl sites for hydroxylation is 1. The third-order valence-electron chi connectivity index (χ3n) is 1.78. The minimum Gasteiger partial charge on any atom is -0.360 e. The Balaban J connectivity index is 2.48. The molecule has 0 amide bonds. The maximum Gasteiger partial charge on any atom is 0.169 e. The Labute approximate surface area is 95.3 Å². The van der Waals surface area contributed by atoms with Crippen molar-refractivity contribution in [1.29, 1.82) is 0 Å². The van der Waals surface area contributed by atoms with Gasteiger partial charge in [0.25, 0.3) is 0 Å². The average molecular weight is 227 g/mol. The zero-order valence-electron chi connectivity index (χ0n) is 9.53. The molecule has 0 aromatic carbocycles. The number of aromatic nitrogens is 3. The van der Waals surface area contributed by atoms with Crippen LogP contribution in [-0.4, -0.2) is 38.3 Å². The molecule has 0 bridgehead atoms. The molecule has 0 aliphatic heterocycles. The van der Waals surface area contributed by atoms with Crippen LogP contribution in [0.5, 0.6) is 0 Å². The summed E-state index contributed by atoms with van der Waals surface area (Å²) in [6.07, 6.45) is 0. The normalized spacial score (nSPS) is 10.5. The van der Waals surface area contributed by atoms with Gasteiger partial charge < -0.3 is 10.2 Å². The van der Waals surface area contributed by atoms with Crippen LogP contribution in [-0.2, 0) is 6.54 Å². The second-order valence-corrected chi connectivity index (χ2v) is 4.18. The summed E-state index contributed by atoms with van der Waals surface area (Å²) in [5.74, 6) is 1.57. The number of nitrogens with zero attached hydrogens (tertiary/aromatic N) is 3. The summed E-state index contributed by atoms with van der Waals surface area (Å²) in [5, 5.41) is 10.7. The minimum atomic E-state index is 0.342. The number of aromatic amines is 1. The molecule has 1 rings (SSSR count). The third-order valence-corrected chi connectivity index (χ3v) is 2.21. The molecular weight excluding hydrogens is 210 g/mol. The molecule has 0 radical (unpaired) electrons. The molecule has 1 heterocycles. The first-order chi connectivity index (χ1) is 6.99. The van der Waals surface area contributed by atoms with E-state index in [0.717, 1.165) is 11.6 Å². The highest BCUT2D eigenvalue weighted by molar-refractivity contribution is 7.80. The van der Waals surface area contributed by atoms with Gasteiger partial charge in [-0.3, -0.25) is 5.10 Å². The summed E-state index contributed by atoms with van der Waals surface area (Å²) in [7, 11) is 1.92. The van der Waals surface area contributed by atoms with E-state index in [9.17, 15) is 0 Å². The van der Waals surface area contributed by atoms with E-state index in [-0.39, 0.29) is 0 Å². The predicted octanol–water partition coefficient (Wildman–Crippen LogP) is 0.828. The lowest BCUT2D eigenvalue weighted by molar-refractivity contribution is 0.466. The summed E-state index contributed by atoms with van der Waals surface area (Å²) < 4.78 is 0. The highest BCUT2D eigenvalue weighted by Crippen LogP contribution is 1.97. The molecule has 6 heteroatoms. The van der Waals surface area contributed by atoms with E-state index in [1.807, 2.05) is 18.9 Å². The van der Waals surface area contributed by atoms with Crippen molar-refractivity contribution in [1.82, 2.24) is 25.4 Å². The Morgan fingerprint density at radius 3 is 2.73 bits per heavy atom. The third kappa shape index (κ3) is 3.83. The van der Waals surface area contributed by atoms with Gasteiger partial charge in [-0.1, -0.05) is 0 Å². The van der Waals surface area contributed by atoms with Crippen molar-refractivity contribution in [2.24, 2.45) is 0 Å². The molecule has 2 N–H and O–H groups in total. The van der Waals surface area contributed by atoms with Crippen LogP contribution in [0.15, 0.2) is 0 Å². The van der Waals surface area contributed by atoms with Crippen LogP contribution in [0.1, 0.15) is 25.5 Å². The number of nitrogens with one attached hydrogen (secondary N) is 2. The van der Waals surface area contributed by atoms with E-state index in [1.54, 1.807) is 0 Å². The smallest absolute Gasteiger partial charge is 0.169 e. The average Bonchev–Trinajstić information content (AvgIpc) is 2.50. The molecule has 0 fully saturated rings. The summed E-state index contributed by atoms with van der Waals surface area (Å²) >= 11 is 5.21. The topological polar surface area (TPSA) is 56.8 Å². The summed E-state index contributed by atoms with van der Waals surface area (Å²) in [6, 6.07) is 0.342. The molecule has 1 aromatic rings. The van der Waals surface area contributed by atoms with Crippen molar-refractivity contribution < 1.29 is 0 Å². The molecule has 15 heavy (non-hydrogen) atoms. The summed E-state index contributed by atoms with van der Waals surface area (Å²) in [4.78, 5) is 6.13. The number of hydrogen-bond donors (Lipinski definition) is 2. The van der Waals surface area contributed by atoms with Crippen LogP contribution in [0.2, 0.25) is 0 Å². The van der Waals surface area contributed by atoms with Gasteiger partial charge in [0.05, 0.1) is 6.54 Å². The van der Waals surface area contributed by atoms with Crippen molar-refractivity contribution >= 4 is 17.3 Å². The van der Waals surface area contributed by atoms with Crippen molar-refractivity contribution in [3.8, 4) is 0 Å². The zero-order chi connectivity index (χ0) is 11.4. The van der Waals surface area contributed by atoms with E-state index in [1.165, 1.54) is 0 Å². The molecule has 0 saturated carbocycles. The summed E-state index contributed by atoms with van der Waals surface area (Å²) in [5.41, 5.74) is 0. The Morgan fingerprint density at radius 2 is 2.27 bits per heavy atom. The van der Waals surface area contributed by atoms with E-state index < -0.39 is 0 Å². The predicted molar refractivity (Wildman–Crippen MR) is 63.5 cm³/mol. The largest absolute Gasteiger partial charge is 0.360 e. The summed E-state index contributed by atoms with van der Waals surface area (Å²) in [6.45, 7) is 6.60. The van der Waals surface area contributed by atoms with Crippen LogP contribution in [0, 0.1) is 6.92 Å². The SMILES string of the molecule is Cc1nc(CN(C)C(=S)NC(C)C)n[nH]1. The van der Waals surface area contributed by atoms with E-state index >= 15 is 0 Å². The van der Waals surface area contributed by atoms with Crippen molar-refractivity contribution in [2.75, 3.05) is 7.05 Å². The highest BCUT2D eigenvalue weighted by Gasteiger charge is 2.08. The lowest BCUT2D eigenvalue weighted by Gasteiger charge is -2.21. The lowest BCUT2D eigenvalue weighted by Crippen LogP contribution is -2.40. The quantitative estimate of drug-likeness (QED) is 0.749. The fraction of sp³-hybridized carbons (Fsp3) is 0.667. The van der Waals surface area contributed by atoms with Gasteiger partial charge in [-0.2, -0.15) is 5.10 Å². The molecular formula is C9H17N5S. The first kappa shape index (κ1) is 11.9. The number of H-pyrrole nitrogens is 1. The van der Waals surface area contributed by atoms with Gasteiger partial charge in [0, 0.05) is 13.1 Å². The Morgan fingerprint density at radius 1 is 1.60 bits per heavy atom. The molecule has 84 valence electrons. The number of hydrogen-bond acceptors (Lipinski definition) is 3. The molecule has 1 aromatic heterocycles. The Hall–Kier alpha value is -1.17. The van der Waals surface area contributed by atoms with Crippen molar-refractivity contribution in [2.45, 2.75) is 33.4 Å². The number of thiocarbonyl (C=S) groups is 1. The monoisotopic (exact) mass is 227 g/mol. The molecule has 0 unspecified atom stereocenters. The van der Waals surface area contributed by atoms with Crippen LogP contribution >= 0.6 is 12.2 Å². The molecule has 0 aliphatic rings. The highest BCUT2D eigenvalue weighted by atomic mass is 32.1. The van der Waals surface area contributed by atoms with Crippen LogP contribution in [0.25, 0.3) is 0 Å². The second kappa shape index (κ2) is 5.06. The van der Waals surface area contributed by atoms with Crippen LogP contribution < -0.4 is 5.32 Å². The standard InChI is InChI=1S/C9H17N5S/c1-6(2)10-9(15)14(4)5-8-11-7(3)12-13-8/h6H,5H2,1-4H3,(H,10,15)(H,11,12,13). The van der Waals surface area contributed by atoms with Gasteiger partial charge >= 0.3 is 0 Å². The Bertz CT molecular complexity index is 333. The minimum absolute atomic E-state index is 0.342. The van der Waals surface area contributed by atoms with Gasteiger partial charge in [0.1, 0.15) is 5.82 Å². The van der Waals surface area contributed by atoms with Gasteiger partial charge in [-0.15, -0.1) is 0 Å². The molecule has 5 nitrogen and oxygen atoms in total. The second-order valence-electron chi connectivity index (χ2n) is 3.80. The zero-order valence-corrected chi connectivity index (χ0v) is 10.4. The molecule has 0 spiro atoms. The van der Waals surface area contributed by atoms with Gasteiger partial charge in [-0.25, -0.2) is 4.98 Å². The molecule has 0 saturated heterocycles. The van der Waals surface area contributed by atoms with Gasteiger partial charge in [-0.05, 0) is 33.0 Å². The van der Waals surface area contributed by atoms with Crippen molar-refractivity contribution in [3.05, 3.63) is 11.6 Å². The fourth-order valence-corrected chi connectivity index (χ4v) is 1.40. The van der Waals surface area contributed by atoms with E-state index in [0.29, 0.717) is 17.7 Å². The molecule has 0 aliphatic carbocycles. The Kier molecular flexibility index (Phi) is 4.02. The van der Waals surface area contributed by atoms with E-state index in [4.69, 9.17) is 12.2 Å². The number of rotatable bonds is 3. The van der Waals surface area contributed by atoms with Gasteiger partial charge in [0.2, 0.25) is 0 Å². The van der Waals surface area contributed by atoms with Crippen LogP contribution in [0.3, 0.4) is 0 Å². The van der Waals surface area contributed by atoms with Crippen molar-refractivity contribution in [3.63, 3.8) is 0 Å². The molecule has 0 atom stereocenters. The van der Waals surface area contributed by atoms with Crippen LogP contribution in [0.4, 0.5) is 0 Å². The first-order valence-electron chi connectivity index (χ1n) is 4.88. The van der Waals surface area contributed by atoms with E-state index in [2.05, 4.69) is 34.3 Å². The lowest BCUT2D eigenvalue weighted by atomic mass is 10.4. The first-order valence-corrected chi connectivity index (χ1v) is 5.29. The maximum absolute atomic E-state index is 5.21. The fourth-order valence-electron chi connectivity index (χ4n) is 1.10. The van der Waals surface area contributed by atoms with Gasteiger partial charge in [0.15, 0.2) is 10.9 Å². The maximum atomic E-state index is 5.21.